The van der Waals surface area contributed by atoms with Crippen molar-refractivity contribution in [1.82, 2.24) is 9.88 Å². The number of rotatable bonds is 7. The molecule has 2 atom stereocenters. The molecule has 5 nitrogen and oxygen atoms in total. The fraction of sp³-hybridized carbons (Fsp3) is 0.556. The number of anilines is 1. The molecule has 2 aromatic rings. The first kappa shape index (κ1) is 15.8. The summed E-state index contributed by atoms with van der Waals surface area (Å²) >= 11 is 1.49. The summed E-state index contributed by atoms with van der Waals surface area (Å²) < 4.78 is 6.02. The maximum atomic E-state index is 12.6. The molecule has 2 heterocycles. The summed E-state index contributed by atoms with van der Waals surface area (Å²) in [5, 5.41) is 2.64. The summed E-state index contributed by atoms with van der Waals surface area (Å²) in [5.41, 5.74) is 0. The summed E-state index contributed by atoms with van der Waals surface area (Å²) in [6.07, 6.45) is 5.30. The van der Waals surface area contributed by atoms with Gasteiger partial charge in [0.05, 0.1) is 13.1 Å². The molecule has 128 valence electrons. The second kappa shape index (κ2) is 6.33. The number of amides is 1. The van der Waals surface area contributed by atoms with Gasteiger partial charge in [0.15, 0.2) is 5.13 Å². The third kappa shape index (κ3) is 3.39. The molecule has 0 aromatic carbocycles. The minimum Gasteiger partial charge on any atom is -0.464 e. The topological polar surface area (TPSA) is 49.6 Å². The van der Waals surface area contributed by atoms with Crippen LogP contribution in [0.4, 0.5) is 5.13 Å². The number of carbonyl (C=O) groups excluding carboxylic acids is 1. The lowest BCUT2D eigenvalue weighted by molar-refractivity contribution is -0.119. The number of aromatic nitrogens is 1. The molecule has 0 aliphatic heterocycles. The SMILES string of the molecule is CC1CC1c1ccc(CN(CC(=O)N(C)c2nccs2)C2CC2)o1. The highest BCUT2D eigenvalue weighted by molar-refractivity contribution is 7.13. The van der Waals surface area contributed by atoms with E-state index in [2.05, 4.69) is 28.9 Å². The maximum Gasteiger partial charge on any atom is 0.242 e. The fourth-order valence-electron chi connectivity index (χ4n) is 3.12. The number of carbonyl (C=O) groups is 1. The summed E-state index contributed by atoms with van der Waals surface area (Å²) in [4.78, 5) is 20.7. The standard InChI is InChI=1S/C18H23N3O2S/c1-12-9-15(12)16-6-5-14(23-16)10-21(13-3-4-13)11-17(22)20(2)18-19-7-8-24-18/h5-8,12-13,15H,3-4,9-11H2,1-2H3. The van der Waals surface area contributed by atoms with E-state index in [0.717, 1.165) is 22.6 Å². The van der Waals surface area contributed by atoms with Gasteiger partial charge in [0.2, 0.25) is 5.91 Å². The molecule has 6 heteroatoms. The number of hydrogen-bond donors (Lipinski definition) is 0. The van der Waals surface area contributed by atoms with Crippen LogP contribution in [0.1, 0.15) is 43.6 Å². The van der Waals surface area contributed by atoms with Crippen LogP contribution in [0.15, 0.2) is 28.1 Å². The van der Waals surface area contributed by atoms with Crippen LogP contribution >= 0.6 is 11.3 Å². The zero-order chi connectivity index (χ0) is 16.7. The average Bonchev–Trinajstić information content (AvgIpc) is 3.42. The lowest BCUT2D eigenvalue weighted by Crippen LogP contribution is -2.39. The zero-order valence-corrected chi connectivity index (χ0v) is 15.0. The first-order valence-electron chi connectivity index (χ1n) is 8.60. The Bertz CT molecular complexity index is 708. The molecule has 2 aliphatic rings. The first-order chi connectivity index (χ1) is 11.6. The van der Waals surface area contributed by atoms with Crippen LogP contribution < -0.4 is 4.90 Å². The van der Waals surface area contributed by atoms with Gasteiger partial charge in [-0.15, -0.1) is 11.3 Å². The van der Waals surface area contributed by atoms with Gasteiger partial charge in [-0.3, -0.25) is 14.6 Å². The molecule has 2 fully saturated rings. The number of likely N-dealkylation sites (N-methyl/N-ethyl adjacent to an activating group) is 1. The Hall–Kier alpha value is -1.66. The highest BCUT2D eigenvalue weighted by Crippen LogP contribution is 2.47. The van der Waals surface area contributed by atoms with Gasteiger partial charge in [0.1, 0.15) is 11.5 Å². The van der Waals surface area contributed by atoms with Gasteiger partial charge in [-0.05, 0) is 37.3 Å². The van der Waals surface area contributed by atoms with Gasteiger partial charge in [-0.2, -0.15) is 0 Å². The second-order valence-electron chi connectivity index (χ2n) is 7.03. The number of furan rings is 1. The van der Waals surface area contributed by atoms with Crippen LogP contribution in [0, 0.1) is 5.92 Å². The van der Waals surface area contributed by atoms with Crippen molar-refractivity contribution in [3.8, 4) is 0 Å². The molecule has 24 heavy (non-hydrogen) atoms. The molecule has 2 saturated carbocycles. The molecule has 2 aliphatic carbocycles. The first-order valence-corrected chi connectivity index (χ1v) is 9.48. The predicted octanol–water partition coefficient (Wildman–Crippen LogP) is 3.49. The molecule has 4 rings (SSSR count). The average molecular weight is 345 g/mol. The van der Waals surface area contributed by atoms with E-state index in [0.29, 0.717) is 25.0 Å². The second-order valence-corrected chi connectivity index (χ2v) is 7.90. The van der Waals surface area contributed by atoms with Crippen LogP contribution in [0.3, 0.4) is 0 Å². The molecule has 2 unspecified atom stereocenters. The van der Waals surface area contributed by atoms with Crippen molar-refractivity contribution in [1.29, 1.82) is 0 Å². The maximum absolute atomic E-state index is 12.6. The highest BCUT2D eigenvalue weighted by atomic mass is 32.1. The van der Waals surface area contributed by atoms with Crippen LogP contribution in [-0.2, 0) is 11.3 Å². The Balaban J connectivity index is 1.39. The van der Waals surface area contributed by atoms with Gasteiger partial charge in [0.25, 0.3) is 0 Å². The number of thiazole rings is 1. The summed E-state index contributed by atoms with van der Waals surface area (Å²) in [5.74, 6) is 3.52. The van der Waals surface area contributed by atoms with Gasteiger partial charge < -0.3 is 4.42 Å². The van der Waals surface area contributed by atoms with Gasteiger partial charge >= 0.3 is 0 Å². The molecular weight excluding hydrogens is 322 g/mol. The van der Waals surface area contributed by atoms with Crippen molar-refractivity contribution in [3.63, 3.8) is 0 Å². The lowest BCUT2D eigenvalue weighted by Gasteiger charge is -2.23. The minimum atomic E-state index is 0.0828. The fourth-order valence-corrected chi connectivity index (χ4v) is 3.74. The van der Waals surface area contributed by atoms with Crippen molar-refractivity contribution in [2.75, 3.05) is 18.5 Å². The molecule has 2 aromatic heterocycles. The van der Waals surface area contributed by atoms with E-state index >= 15 is 0 Å². The van der Waals surface area contributed by atoms with Crippen molar-refractivity contribution in [2.45, 2.75) is 44.7 Å². The van der Waals surface area contributed by atoms with Crippen LogP contribution in [0.5, 0.6) is 0 Å². The zero-order valence-electron chi connectivity index (χ0n) is 14.1. The summed E-state index contributed by atoms with van der Waals surface area (Å²) in [6.45, 7) is 3.39. The number of nitrogens with zero attached hydrogens (tertiary/aromatic N) is 3. The highest BCUT2D eigenvalue weighted by Gasteiger charge is 2.37. The van der Waals surface area contributed by atoms with Crippen molar-refractivity contribution >= 4 is 22.4 Å². The predicted molar refractivity (Wildman–Crippen MR) is 94.2 cm³/mol. The van der Waals surface area contributed by atoms with Crippen molar-refractivity contribution in [3.05, 3.63) is 35.2 Å². The molecule has 1 amide bonds. The largest absolute Gasteiger partial charge is 0.464 e. The minimum absolute atomic E-state index is 0.0828. The normalized spacial score (nSPS) is 22.8. The molecule has 0 radical (unpaired) electrons. The van der Waals surface area contributed by atoms with E-state index in [4.69, 9.17) is 4.42 Å². The van der Waals surface area contributed by atoms with Crippen LogP contribution in [0.25, 0.3) is 0 Å². The van der Waals surface area contributed by atoms with Gasteiger partial charge in [-0.25, -0.2) is 4.98 Å². The van der Waals surface area contributed by atoms with Gasteiger partial charge in [0, 0.05) is 30.6 Å². The molecule has 0 saturated heterocycles. The summed E-state index contributed by atoms with van der Waals surface area (Å²) in [6, 6.07) is 4.69. The number of hydrogen-bond acceptors (Lipinski definition) is 5. The molecular formula is C18H23N3O2S. The van der Waals surface area contributed by atoms with E-state index in [-0.39, 0.29) is 5.91 Å². The molecule has 0 bridgehead atoms. The quantitative estimate of drug-likeness (QED) is 0.771. The Kier molecular flexibility index (Phi) is 4.18. The summed E-state index contributed by atoms with van der Waals surface area (Å²) in [7, 11) is 1.80. The Morgan fingerprint density at radius 1 is 1.42 bits per heavy atom. The molecule has 0 spiro atoms. The van der Waals surface area contributed by atoms with Crippen molar-refractivity contribution in [2.24, 2.45) is 5.92 Å². The smallest absolute Gasteiger partial charge is 0.242 e. The third-order valence-electron chi connectivity index (χ3n) is 5.00. The van der Waals surface area contributed by atoms with E-state index in [1.165, 1.54) is 30.6 Å². The van der Waals surface area contributed by atoms with E-state index in [1.807, 2.05) is 5.38 Å². The Labute approximate surface area is 146 Å². The Morgan fingerprint density at radius 3 is 2.83 bits per heavy atom. The lowest BCUT2D eigenvalue weighted by atomic mass is 10.3. The van der Waals surface area contributed by atoms with Crippen LogP contribution in [-0.4, -0.2) is 35.4 Å². The van der Waals surface area contributed by atoms with Crippen LogP contribution in [0.2, 0.25) is 0 Å². The third-order valence-corrected chi connectivity index (χ3v) is 5.85. The monoisotopic (exact) mass is 345 g/mol. The van der Waals surface area contributed by atoms with E-state index in [9.17, 15) is 4.79 Å². The Morgan fingerprint density at radius 2 is 2.21 bits per heavy atom. The van der Waals surface area contributed by atoms with E-state index in [1.54, 1.807) is 18.1 Å². The molecule has 0 N–H and O–H groups in total. The van der Waals surface area contributed by atoms with Crippen molar-refractivity contribution < 1.29 is 9.21 Å². The van der Waals surface area contributed by atoms with E-state index < -0.39 is 0 Å². The van der Waals surface area contributed by atoms with Gasteiger partial charge in [-0.1, -0.05) is 6.92 Å².